The maximum atomic E-state index is 12.6. The first kappa shape index (κ1) is 14.9. The third-order valence-electron chi connectivity index (χ3n) is 4.40. The van der Waals surface area contributed by atoms with Gasteiger partial charge in [-0.1, -0.05) is 30.2 Å². The molecule has 1 N–H and O–H groups in total. The van der Waals surface area contributed by atoms with E-state index in [2.05, 4.69) is 27.8 Å². The first-order valence-electron chi connectivity index (χ1n) is 8.32. The summed E-state index contributed by atoms with van der Waals surface area (Å²) < 4.78 is 7.59. The number of para-hydroxylation sites is 1. The molecule has 0 saturated heterocycles. The first-order chi connectivity index (χ1) is 11.8. The summed E-state index contributed by atoms with van der Waals surface area (Å²) in [4.78, 5) is 12.6. The van der Waals surface area contributed by atoms with Crippen LogP contribution in [0.5, 0.6) is 5.75 Å². The molecule has 0 saturated carbocycles. The second kappa shape index (κ2) is 6.07. The van der Waals surface area contributed by atoms with Crippen molar-refractivity contribution in [2.75, 3.05) is 11.9 Å². The Bertz CT molecular complexity index is 811. The molecule has 0 radical (unpaired) electrons. The zero-order valence-corrected chi connectivity index (χ0v) is 13.5. The van der Waals surface area contributed by atoms with Gasteiger partial charge in [0.25, 0.3) is 0 Å². The summed E-state index contributed by atoms with van der Waals surface area (Å²) in [7, 11) is 0. The van der Waals surface area contributed by atoms with E-state index in [0.717, 1.165) is 41.8 Å². The van der Waals surface area contributed by atoms with E-state index in [0.29, 0.717) is 19.0 Å². The van der Waals surface area contributed by atoms with Gasteiger partial charge in [-0.2, -0.15) is 4.68 Å². The van der Waals surface area contributed by atoms with Crippen molar-refractivity contribution in [1.29, 1.82) is 0 Å². The molecule has 7 heteroatoms. The summed E-state index contributed by atoms with van der Waals surface area (Å²) in [6.45, 7) is 2.70. The topological polar surface area (TPSA) is 81.9 Å². The maximum absolute atomic E-state index is 12.6. The number of nitrogens with one attached hydrogen (secondary N) is 1. The van der Waals surface area contributed by atoms with Crippen LogP contribution < -0.4 is 10.1 Å². The Morgan fingerprint density at radius 1 is 1.33 bits per heavy atom. The number of allylic oxidation sites excluding steroid dienone is 2. The number of hydrogen-bond acceptors (Lipinski definition) is 6. The number of tetrazole rings is 1. The van der Waals surface area contributed by atoms with E-state index in [1.807, 2.05) is 24.3 Å². The smallest absolute Gasteiger partial charge is 0.248 e. The lowest BCUT2D eigenvalue weighted by Gasteiger charge is -2.32. The van der Waals surface area contributed by atoms with Crippen molar-refractivity contribution in [2.45, 2.75) is 38.6 Å². The number of nitrogens with zero attached hydrogens (tertiary/aromatic N) is 4. The molecule has 1 aromatic carbocycles. The number of Topliss-reactive ketones (excluding diaryl/α,β-unsaturated/α-hetero) is 1. The van der Waals surface area contributed by atoms with E-state index in [4.69, 9.17) is 4.74 Å². The van der Waals surface area contributed by atoms with E-state index in [9.17, 15) is 4.79 Å². The number of benzene rings is 1. The largest absolute Gasteiger partial charge is 0.493 e. The van der Waals surface area contributed by atoms with E-state index < -0.39 is 0 Å². The average Bonchev–Trinajstić information content (AvgIpc) is 3.07. The van der Waals surface area contributed by atoms with Gasteiger partial charge in [0, 0.05) is 23.3 Å². The van der Waals surface area contributed by atoms with Gasteiger partial charge in [0.05, 0.1) is 6.61 Å². The van der Waals surface area contributed by atoms with E-state index in [1.54, 1.807) is 4.68 Å². The van der Waals surface area contributed by atoms with Crippen LogP contribution in [-0.4, -0.2) is 32.6 Å². The highest BCUT2D eigenvalue weighted by Crippen LogP contribution is 2.42. The highest BCUT2D eigenvalue weighted by Gasteiger charge is 2.37. The summed E-state index contributed by atoms with van der Waals surface area (Å²) in [5, 5.41) is 15.1. The molecule has 1 atom stereocenters. The van der Waals surface area contributed by atoms with Gasteiger partial charge in [0.15, 0.2) is 5.78 Å². The number of rotatable bonds is 4. The third kappa shape index (κ3) is 2.36. The molecule has 2 heterocycles. The number of carbonyl (C=O) groups is 1. The van der Waals surface area contributed by atoms with Gasteiger partial charge in [-0.05, 0) is 35.8 Å². The lowest BCUT2D eigenvalue weighted by molar-refractivity contribution is -0.116. The minimum atomic E-state index is -0.341. The Kier molecular flexibility index (Phi) is 3.76. The van der Waals surface area contributed by atoms with Crippen LogP contribution in [0.4, 0.5) is 5.95 Å². The maximum Gasteiger partial charge on any atom is 0.248 e. The van der Waals surface area contributed by atoms with Crippen molar-refractivity contribution < 1.29 is 9.53 Å². The molecule has 0 unspecified atom stereocenters. The van der Waals surface area contributed by atoms with Crippen LogP contribution in [0.25, 0.3) is 0 Å². The summed E-state index contributed by atoms with van der Waals surface area (Å²) in [5.41, 5.74) is 2.61. The van der Waals surface area contributed by atoms with Gasteiger partial charge >= 0.3 is 0 Å². The van der Waals surface area contributed by atoms with E-state index in [1.165, 1.54) is 0 Å². The van der Waals surface area contributed by atoms with Crippen LogP contribution in [0.3, 0.4) is 0 Å². The van der Waals surface area contributed by atoms with Crippen molar-refractivity contribution in [3.8, 4) is 5.75 Å². The Balaban J connectivity index is 1.86. The van der Waals surface area contributed by atoms with Gasteiger partial charge in [-0.3, -0.25) is 4.79 Å². The molecule has 124 valence electrons. The standard InChI is InChI=1S/C17H19N5O2/c1-2-10-24-14-9-4-3-6-11(14)16-15-12(7-5-8-13(15)23)18-17-19-20-21-22(16)17/h3-4,6,9,16H,2,5,7-8,10H2,1H3,(H,18,19,21)/t16-/m1/s1. The monoisotopic (exact) mass is 325 g/mol. The van der Waals surface area contributed by atoms with E-state index in [-0.39, 0.29) is 11.8 Å². The SMILES string of the molecule is CCCOc1ccccc1[C@@H]1C2=C(CCCC2=O)Nc2nnnn21. The molecule has 2 aromatic rings. The molecule has 24 heavy (non-hydrogen) atoms. The Morgan fingerprint density at radius 3 is 3.08 bits per heavy atom. The third-order valence-corrected chi connectivity index (χ3v) is 4.40. The molecule has 4 rings (SSSR count). The molecule has 2 aliphatic rings. The summed E-state index contributed by atoms with van der Waals surface area (Å²) >= 11 is 0. The molecule has 0 fully saturated rings. The molecule has 1 aliphatic carbocycles. The highest BCUT2D eigenvalue weighted by molar-refractivity contribution is 5.99. The molecule has 0 bridgehead atoms. The van der Waals surface area contributed by atoms with E-state index >= 15 is 0 Å². The van der Waals surface area contributed by atoms with Crippen LogP contribution in [0.1, 0.15) is 44.2 Å². The van der Waals surface area contributed by atoms with Crippen LogP contribution in [0.15, 0.2) is 35.5 Å². The van der Waals surface area contributed by atoms with Gasteiger partial charge in [-0.15, -0.1) is 0 Å². The molecule has 7 nitrogen and oxygen atoms in total. The second-order valence-corrected chi connectivity index (χ2v) is 6.03. The quantitative estimate of drug-likeness (QED) is 0.930. The van der Waals surface area contributed by atoms with Crippen molar-refractivity contribution in [1.82, 2.24) is 20.2 Å². The Hall–Kier alpha value is -2.70. The Labute approximate surface area is 139 Å². The second-order valence-electron chi connectivity index (χ2n) is 6.03. The zero-order valence-electron chi connectivity index (χ0n) is 13.5. The molecule has 0 spiro atoms. The van der Waals surface area contributed by atoms with Gasteiger partial charge < -0.3 is 10.1 Å². The van der Waals surface area contributed by atoms with Crippen molar-refractivity contribution in [2.24, 2.45) is 0 Å². The fourth-order valence-corrected chi connectivity index (χ4v) is 3.35. The minimum Gasteiger partial charge on any atom is -0.493 e. The minimum absolute atomic E-state index is 0.153. The van der Waals surface area contributed by atoms with Gasteiger partial charge in [0.1, 0.15) is 11.8 Å². The Morgan fingerprint density at radius 2 is 2.21 bits per heavy atom. The predicted octanol–water partition coefficient (Wildman–Crippen LogP) is 2.48. The lowest BCUT2D eigenvalue weighted by atomic mass is 9.85. The summed E-state index contributed by atoms with van der Waals surface area (Å²) in [6, 6.07) is 7.47. The molecular formula is C17H19N5O2. The van der Waals surface area contributed by atoms with Crippen LogP contribution in [0.2, 0.25) is 0 Å². The number of ketones is 1. The molecule has 1 aliphatic heterocycles. The van der Waals surface area contributed by atoms with Gasteiger partial charge in [-0.25, -0.2) is 0 Å². The fourth-order valence-electron chi connectivity index (χ4n) is 3.35. The molecule has 0 amide bonds. The molecule has 1 aromatic heterocycles. The van der Waals surface area contributed by atoms with Crippen molar-refractivity contribution in [3.05, 3.63) is 41.1 Å². The highest BCUT2D eigenvalue weighted by atomic mass is 16.5. The fraction of sp³-hybridized carbons (Fsp3) is 0.412. The first-order valence-corrected chi connectivity index (χ1v) is 8.32. The lowest BCUT2D eigenvalue weighted by Crippen LogP contribution is -2.31. The number of aromatic nitrogens is 4. The normalized spacial score (nSPS) is 19.5. The number of hydrogen-bond donors (Lipinski definition) is 1. The zero-order chi connectivity index (χ0) is 16.5. The number of carbonyl (C=O) groups excluding carboxylic acids is 1. The van der Waals surface area contributed by atoms with Gasteiger partial charge in [0.2, 0.25) is 5.95 Å². The number of ether oxygens (including phenoxy) is 1. The number of fused-ring (bicyclic) bond motifs is 1. The average molecular weight is 325 g/mol. The van der Waals surface area contributed by atoms with Crippen LogP contribution in [0, 0.1) is 0 Å². The number of anilines is 1. The van der Waals surface area contributed by atoms with Crippen molar-refractivity contribution in [3.63, 3.8) is 0 Å². The summed E-state index contributed by atoms with van der Waals surface area (Å²) in [5.74, 6) is 1.50. The summed E-state index contributed by atoms with van der Waals surface area (Å²) in [6.07, 6.45) is 3.17. The van der Waals surface area contributed by atoms with Crippen LogP contribution in [-0.2, 0) is 4.79 Å². The molecular weight excluding hydrogens is 306 g/mol. The predicted molar refractivity (Wildman–Crippen MR) is 87.7 cm³/mol. The van der Waals surface area contributed by atoms with Crippen molar-refractivity contribution >= 4 is 11.7 Å². The van der Waals surface area contributed by atoms with Crippen LogP contribution >= 0.6 is 0 Å².